The van der Waals surface area contributed by atoms with Crippen LogP contribution in [-0.2, 0) is 9.53 Å². The number of aliphatic hydroxyl groups is 1. The minimum atomic E-state index is -0.476. The summed E-state index contributed by atoms with van der Waals surface area (Å²) in [5.41, 5.74) is 0.407. The van der Waals surface area contributed by atoms with E-state index in [-0.39, 0.29) is 28.3 Å². The van der Waals surface area contributed by atoms with E-state index in [9.17, 15) is 9.90 Å². The number of hydrogen-bond donors (Lipinski definition) is 3. The highest BCUT2D eigenvalue weighted by Crippen LogP contribution is 2.73. The fourth-order valence-electron chi connectivity index (χ4n) is 10.2. The number of anilines is 1. The Kier molecular flexibility index (Phi) is 6.54. The van der Waals surface area contributed by atoms with E-state index in [0.29, 0.717) is 23.6 Å². The molecular formula is C33H44N2O3S. The standard InChI is InChI=1S/C33H44N2O3S/c1-5-38-28(37)32(4)17-9-16-31(3)24(32)15-19-33-20-30(2,18-14-25(31)33)26(27(33)36)35-29(39)34-23-13-8-11-21-10-6-7-12-22(21)23/h6-8,10-13,24-27,36H,5,9,14-20H2,1-4H3,(H2,34,35,39)/t24-,25-,26+,27-,30-,31+,32+,33-/m0/s1. The first-order valence-corrected chi connectivity index (χ1v) is 15.4. The zero-order valence-electron chi connectivity index (χ0n) is 23.9. The Morgan fingerprint density at radius 2 is 1.77 bits per heavy atom. The Labute approximate surface area is 238 Å². The predicted octanol–water partition coefficient (Wildman–Crippen LogP) is 6.83. The van der Waals surface area contributed by atoms with E-state index in [1.54, 1.807) is 0 Å². The van der Waals surface area contributed by atoms with Gasteiger partial charge < -0.3 is 20.5 Å². The topological polar surface area (TPSA) is 70.6 Å². The van der Waals surface area contributed by atoms with Gasteiger partial charge in [-0.05, 0) is 105 Å². The maximum atomic E-state index is 13.3. The van der Waals surface area contributed by atoms with Crippen molar-refractivity contribution in [3.05, 3.63) is 42.5 Å². The summed E-state index contributed by atoms with van der Waals surface area (Å²) in [6.07, 6.45) is 7.71. The van der Waals surface area contributed by atoms with Gasteiger partial charge in [-0.15, -0.1) is 0 Å². The second-order valence-electron chi connectivity index (χ2n) is 13.8. The normalized spacial score (nSPS) is 40.8. The minimum absolute atomic E-state index is 0.0195. The number of carbonyl (C=O) groups excluding carboxylic acids is 1. The molecule has 4 saturated carbocycles. The van der Waals surface area contributed by atoms with Crippen LogP contribution in [0.2, 0.25) is 0 Å². The van der Waals surface area contributed by atoms with Gasteiger partial charge in [-0.25, -0.2) is 0 Å². The van der Waals surface area contributed by atoms with Crippen LogP contribution in [0.4, 0.5) is 5.69 Å². The molecule has 0 aromatic heterocycles. The second-order valence-corrected chi connectivity index (χ2v) is 14.2. The van der Waals surface area contributed by atoms with Crippen molar-refractivity contribution in [2.75, 3.05) is 11.9 Å². The Morgan fingerprint density at radius 3 is 2.56 bits per heavy atom. The fourth-order valence-corrected chi connectivity index (χ4v) is 10.5. The molecule has 2 aromatic rings. The van der Waals surface area contributed by atoms with Crippen molar-refractivity contribution in [1.82, 2.24) is 5.32 Å². The molecule has 6 heteroatoms. The molecule has 210 valence electrons. The van der Waals surface area contributed by atoms with Gasteiger partial charge in [-0.1, -0.05) is 56.7 Å². The average Bonchev–Trinajstić information content (AvgIpc) is 3.05. The molecule has 8 atom stereocenters. The predicted molar refractivity (Wildman–Crippen MR) is 160 cm³/mol. The lowest BCUT2D eigenvalue weighted by Crippen LogP contribution is -2.61. The van der Waals surface area contributed by atoms with Crippen LogP contribution in [0.25, 0.3) is 10.8 Å². The average molecular weight is 549 g/mol. The van der Waals surface area contributed by atoms with Gasteiger partial charge in [0.2, 0.25) is 0 Å². The highest BCUT2D eigenvalue weighted by Gasteiger charge is 2.71. The number of ether oxygens (including phenoxy) is 1. The third-order valence-corrected chi connectivity index (χ3v) is 12.0. The highest BCUT2D eigenvalue weighted by molar-refractivity contribution is 7.80. The molecule has 0 radical (unpaired) electrons. The molecule has 4 aliphatic carbocycles. The van der Waals surface area contributed by atoms with Gasteiger partial charge in [0.25, 0.3) is 0 Å². The van der Waals surface area contributed by atoms with E-state index >= 15 is 0 Å². The zero-order valence-corrected chi connectivity index (χ0v) is 24.7. The third-order valence-electron chi connectivity index (χ3n) is 11.8. The highest BCUT2D eigenvalue weighted by atomic mass is 32.1. The lowest BCUT2D eigenvalue weighted by molar-refractivity contribution is -0.196. The van der Waals surface area contributed by atoms with Gasteiger partial charge in [-0.2, -0.15) is 0 Å². The summed E-state index contributed by atoms with van der Waals surface area (Å²) in [5.74, 6) is 0.673. The second kappa shape index (κ2) is 9.44. The lowest BCUT2D eigenvalue weighted by atomic mass is 9.40. The summed E-state index contributed by atoms with van der Waals surface area (Å²) < 4.78 is 5.63. The van der Waals surface area contributed by atoms with Gasteiger partial charge in [0, 0.05) is 16.5 Å². The SMILES string of the molecule is CCOC(=O)[C@]1(C)CCC[C@@]2(C)[C@@H]3CC[C@@]4(C)C[C@]3(CC[C@@H]21)[C@@H](O)[C@H]4NC(=S)Nc1cccc2ccccc12. The molecule has 0 amide bonds. The molecule has 4 fully saturated rings. The van der Waals surface area contributed by atoms with Crippen LogP contribution < -0.4 is 10.6 Å². The van der Waals surface area contributed by atoms with Gasteiger partial charge >= 0.3 is 5.97 Å². The van der Waals surface area contributed by atoms with Crippen LogP contribution in [0.5, 0.6) is 0 Å². The van der Waals surface area contributed by atoms with Crippen LogP contribution in [-0.4, -0.2) is 34.9 Å². The third kappa shape index (κ3) is 3.95. The molecule has 3 N–H and O–H groups in total. The first-order valence-electron chi connectivity index (χ1n) is 15.0. The molecule has 6 rings (SSSR count). The minimum Gasteiger partial charge on any atom is -0.466 e. The van der Waals surface area contributed by atoms with E-state index in [1.165, 1.54) is 5.39 Å². The van der Waals surface area contributed by atoms with Gasteiger partial charge in [0.15, 0.2) is 5.11 Å². The lowest BCUT2D eigenvalue weighted by Gasteiger charge is -2.64. The smallest absolute Gasteiger partial charge is 0.312 e. The fraction of sp³-hybridized carbons (Fsp3) is 0.636. The van der Waals surface area contributed by atoms with E-state index in [1.807, 2.05) is 25.1 Å². The molecule has 2 bridgehead atoms. The van der Waals surface area contributed by atoms with Crippen molar-refractivity contribution < 1.29 is 14.6 Å². The number of rotatable bonds is 4. The zero-order chi connectivity index (χ0) is 27.6. The Hall–Kier alpha value is -2.18. The van der Waals surface area contributed by atoms with E-state index in [4.69, 9.17) is 17.0 Å². The number of aliphatic hydroxyl groups excluding tert-OH is 1. The summed E-state index contributed by atoms with van der Waals surface area (Å²) in [4.78, 5) is 13.3. The van der Waals surface area contributed by atoms with Gasteiger partial charge in [0.1, 0.15) is 0 Å². The number of carbonyl (C=O) groups is 1. The number of benzene rings is 2. The Bertz CT molecular complexity index is 1290. The van der Waals surface area contributed by atoms with Crippen molar-refractivity contribution in [3.8, 4) is 0 Å². The quantitative estimate of drug-likeness (QED) is 0.287. The molecule has 0 saturated heterocycles. The molecule has 2 aromatic carbocycles. The van der Waals surface area contributed by atoms with E-state index in [2.05, 4.69) is 55.7 Å². The van der Waals surface area contributed by atoms with Crippen molar-refractivity contribution >= 4 is 39.8 Å². The summed E-state index contributed by atoms with van der Waals surface area (Å²) in [7, 11) is 0. The molecule has 5 nitrogen and oxygen atoms in total. The van der Waals surface area contributed by atoms with E-state index < -0.39 is 11.5 Å². The molecule has 4 aliphatic rings. The molecule has 39 heavy (non-hydrogen) atoms. The van der Waals surface area contributed by atoms with Crippen molar-refractivity contribution in [2.24, 2.45) is 33.5 Å². The van der Waals surface area contributed by atoms with Crippen LogP contribution in [0.15, 0.2) is 42.5 Å². The van der Waals surface area contributed by atoms with Crippen molar-refractivity contribution in [3.63, 3.8) is 0 Å². The number of fused-ring (bicyclic) bond motifs is 4. The molecular weight excluding hydrogens is 504 g/mol. The Morgan fingerprint density at radius 1 is 1.03 bits per heavy atom. The molecule has 0 aliphatic heterocycles. The van der Waals surface area contributed by atoms with Gasteiger partial charge in [0.05, 0.1) is 24.2 Å². The number of thiocarbonyl (C=S) groups is 1. The first kappa shape index (κ1) is 27.0. The summed E-state index contributed by atoms with van der Waals surface area (Å²) in [6.45, 7) is 9.27. The monoisotopic (exact) mass is 548 g/mol. The number of nitrogens with one attached hydrogen (secondary N) is 2. The maximum absolute atomic E-state index is 13.3. The maximum Gasteiger partial charge on any atom is 0.312 e. The summed E-state index contributed by atoms with van der Waals surface area (Å²) in [5, 5.41) is 22.1. The van der Waals surface area contributed by atoms with Crippen molar-refractivity contribution in [1.29, 1.82) is 0 Å². The van der Waals surface area contributed by atoms with Crippen molar-refractivity contribution in [2.45, 2.75) is 91.2 Å². The number of esters is 1. The van der Waals surface area contributed by atoms with Crippen LogP contribution in [0.3, 0.4) is 0 Å². The Balaban J connectivity index is 1.26. The summed E-state index contributed by atoms with van der Waals surface area (Å²) in [6, 6.07) is 14.4. The van der Waals surface area contributed by atoms with E-state index in [0.717, 1.165) is 62.4 Å². The van der Waals surface area contributed by atoms with Gasteiger partial charge in [-0.3, -0.25) is 4.79 Å². The van der Waals surface area contributed by atoms with Crippen LogP contribution in [0.1, 0.15) is 79.1 Å². The molecule has 0 unspecified atom stereocenters. The largest absolute Gasteiger partial charge is 0.466 e. The molecule has 1 spiro atoms. The first-order chi connectivity index (χ1) is 18.6. The van der Waals surface area contributed by atoms with Crippen LogP contribution >= 0.6 is 12.2 Å². The molecule has 0 heterocycles. The summed E-state index contributed by atoms with van der Waals surface area (Å²) >= 11 is 5.86. The number of hydrogen-bond acceptors (Lipinski definition) is 4. The van der Waals surface area contributed by atoms with Crippen LogP contribution in [0, 0.1) is 33.5 Å².